The largest absolute Gasteiger partial charge is 0.417 e. The van der Waals surface area contributed by atoms with Crippen molar-refractivity contribution in [2.45, 2.75) is 38.4 Å². The fourth-order valence-electron chi connectivity index (χ4n) is 5.34. The van der Waals surface area contributed by atoms with Crippen molar-refractivity contribution in [3.8, 4) is 16.9 Å². The van der Waals surface area contributed by atoms with Gasteiger partial charge in [0, 0.05) is 67.7 Å². The number of hydrogen-bond acceptors (Lipinski definition) is 4. The van der Waals surface area contributed by atoms with Gasteiger partial charge >= 0.3 is 6.18 Å². The lowest BCUT2D eigenvalue weighted by atomic mass is 9.88. The van der Waals surface area contributed by atoms with E-state index in [4.69, 9.17) is 0 Å². The topological polar surface area (TPSA) is 58.4 Å². The van der Waals surface area contributed by atoms with Crippen molar-refractivity contribution in [3.63, 3.8) is 0 Å². The number of pyridine rings is 2. The number of aromatic nitrogens is 2. The number of benzene rings is 1. The minimum absolute atomic E-state index is 0.0323. The molecule has 2 aromatic heterocycles. The van der Waals surface area contributed by atoms with Crippen molar-refractivity contribution < 1.29 is 18.0 Å². The fraction of sp³-hybridized carbons (Fsp3) is 0.370. The molecule has 2 aliphatic heterocycles. The second-order valence-corrected chi connectivity index (χ2v) is 9.81. The van der Waals surface area contributed by atoms with E-state index in [1.165, 1.54) is 22.3 Å². The molecule has 4 heterocycles. The average molecular weight is 497 g/mol. The summed E-state index contributed by atoms with van der Waals surface area (Å²) in [7, 11) is 2.05. The number of likely N-dealkylation sites (tertiary alicyclic amines) is 1. The summed E-state index contributed by atoms with van der Waals surface area (Å²) in [5, 5.41) is 0. The third-order valence-corrected chi connectivity index (χ3v) is 7.26. The van der Waals surface area contributed by atoms with Crippen LogP contribution in [0.1, 0.15) is 37.3 Å². The predicted octanol–water partition coefficient (Wildman–Crippen LogP) is 4.71. The van der Waals surface area contributed by atoms with Crippen LogP contribution in [0.2, 0.25) is 0 Å². The van der Waals surface area contributed by atoms with Gasteiger partial charge in [0.25, 0.3) is 5.56 Å². The number of amides is 1. The zero-order chi connectivity index (χ0) is 25.8. The highest BCUT2D eigenvalue weighted by molar-refractivity contribution is 5.79. The Hall–Kier alpha value is -3.62. The molecule has 2 unspecified atom stereocenters. The third kappa shape index (κ3) is 4.16. The third-order valence-electron chi connectivity index (χ3n) is 7.26. The Kier molecular flexibility index (Phi) is 5.89. The lowest BCUT2D eigenvalue weighted by Crippen LogP contribution is -2.48. The Labute approximate surface area is 207 Å². The first-order chi connectivity index (χ1) is 17.0. The zero-order valence-electron chi connectivity index (χ0n) is 20.3. The molecule has 9 heteroatoms. The van der Waals surface area contributed by atoms with Gasteiger partial charge in [-0.3, -0.25) is 19.1 Å². The van der Waals surface area contributed by atoms with E-state index < -0.39 is 11.7 Å². The highest BCUT2D eigenvalue weighted by Crippen LogP contribution is 2.44. The molecule has 0 saturated carbocycles. The first kappa shape index (κ1) is 24.1. The second kappa shape index (κ2) is 8.80. The number of anilines is 1. The Bertz CT molecular complexity index is 1360. The van der Waals surface area contributed by atoms with Crippen molar-refractivity contribution in [2.24, 2.45) is 5.92 Å². The summed E-state index contributed by atoms with van der Waals surface area (Å²) in [5.74, 6) is 0.367. The number of carbonyl (C=O) groups excluding carboxylic acids is 1. The van der Waals surface area contributed by atoms with Gasteiger partial charge in [-0.05, 0) is 42.3 Å². The van der Waals surface area contributed by atoms with Crippen LogP contribution in [-0.4, -0.2) is 46.5 Å². The molecule has 0 radical (unpaired) electrons. The van der Waals surface area contributed by atoms with E-state index in [1.807, 2.05) is 36.9 Å². The molecule has 3 aromatic rings. The average Bonchev–Trinajstić information content (AvgIpc) is 3.13. The van der Waals surface area contributed by atoms with E-state index in [0.29, 0.717) is 29.5 Å². The van der Waals surface area contributed by atoms with E-state index in [-0.39, 0.29) is 23.3 Å². The molecule has 36 heavy (non-hydrogen) atoms. The molecule has 0 N–H and O–H groups in total. The van der Waals surface area contributed by atoms with Crippen LogP contribution in [0.25, 0.3) is 16.9 Å². The fourth-order valence-corrected chi connectivity index (χ4v) is 5.34. The molecule has 1 amide bonds. The molecule has 1 aromatic carbocycles. The normalized spacial score (nSPS) is 19.4. The Morgan fingerprint density at radius 2 is 1.89 bits per heavy atom. The molecule has 2 atom stereocenters. The van der Waals surface area contributed by atoms with Crippen LogP contribution in [-0.2, 0) is 11.0 Å². The summed E-state index contributed by atoms with van der Waals surface area (Å²) in [6.45, 7) is 5.27. The van der Waals surface area contributed by atoms with Crippen LogP contribution in [0.15, 0.2) is 59.7 Å². The van der Waals surface area contributed by atoms with Gasteiger partial charge in [-0.25, -0.2) is 0 Å². The highest BCUT2D eigenvalue weighted by atomic mass is 19.4. The van der Waals surface area contributed by atoms with E-state index in [9.17, 15) is 22.8 Å². The van der Waals surface area contributed by atoms with Crippen LogP contribution in [0.3, 0.4) is 0 Å². The Morgan fingerprint density at radius 3 is 2.53 bits per heavy atom. The predicted molar refractivity (Wildman–Crippen MR) is 131 cm³/mol. The number of alkyl halides is 3. The van der Waals surface area contributed by atoms with Gasteiger partial charge in [0.2, 0.25) is 5.91 Å². The van der Waals surface area contributed by atoms with Crippen LogP contribution in [0.4, 0.5) is 18.9 Å². The summed E-state index contributed by atoms with van der Waals surface area (Å²) in [4.78, 5) is 33.6. The number of likely N-dealkylation sites (N-methyl/N-ethyl adjacent to an activating group) is 1. The molecule has 2 aliphatic rings. The second-order valence-electron chi connectivity index (χ2n) is 9.81. The van der Waals surface area contributed by atoms with Gasteiger partial charge in [0.1, 0.15) is 0 Å². The van der Waals surface area contributed by atoms with E-state index in [0.717, 1.165) is 30.9 Å². The zero-order valence-corrected chi connectivity index (χ0v) is 20.3. The van der Waals surface area contributed by atoms with Crippen molar-refractivity contribution >= 4 is 11.6 Å². The lowest BCUT2D eigenvalue weighted by molar-refractivity contribution is -0.138. The molecule has 188 valence electrons. The van der Waals surface area contributed by atoms with Crippen LogP contribution in [0.5, 0.6) is 0 Å². The molecule has 1 saturated heterocycles. The lowest BCUT2D eigenvalue weighted by Gasteiger charge is -2.38. The highest BCUT2D eigenvalue weighted by Gasteiger charge is 2.41. The maximum Gasteiger partial charge on any atom is 0.417 e. The molecule has 5 rings (SSSR count). The van der Waals surface area contributed by atoms with Crippen molar-refractivity contribution in [1.82, 2.24) is 14.5 Å². The Morgan fingerprint density at radius 1 is 1.11 bits per heavy atom. The first-order valence-electron chi connectivity index (χ1n) is 12.0. The van der Waals surface area contributed by atoms with Gasteiger partial charge in [-0.2, -0.15) is 13.2 Å². The number of piperidine rings is 1. The summed E-state index contributed by atoms with van der Waals surface area (Å²) in [6.07, 6.45) is -1.19. The summed E-state index contributed by atoms with van der Waals surface area (Å²) in [6, 6.07) is 11.5. The van der Waals surface area contributed by atoms with E-state index >= 15 is 0 Å². The molecule has 6 nitrogen and oxygen atoms in total. The van der Waals surface area contributed by atoms with Gasteiger partial charge < -0.3 is 9.80 Å². The molecular weight excluding hydrogens is 469 g/mol. The van der Waals surface area contributed by atoms with Gasteiger partial charge in [-0.15, -0.1) is 0 Å². The quantitative estimate of drug-likeness (QED) is 0.527. The number of fused-ring (bicyclic) bond motifs is 3. The van der Waals surface area contributed by atoms with Crippen molar-refractivity contribution in [1.29, 1.82) is 0 Å². The van der Waals surface area contributed by atoms with Crippen LogP contribution < -0.4 is 10.5 Å². The molecular formula is C27H27F3N4O2. The molecule has 0 aliphatic carbocycles. The number of carbonyl (C=O) groups is 1. The maximum atomic E-state index is 13.0. The van der Waals surface area contributed by atoms with Gasteiger partial charge in [-0.1, -0.05) is 19.9 Å². The minimum Gasteiger partial charge on any atom is -0.371 e. The number of halogens is 3. The number of rotatable bonds is 3. The first-order valence-corrected chi connectivity index (χ1v) is 12.0. The van der Waals surface area contributed by atoms with Crippen LogP contribution >= 0.6 is 0 Å². The van der Waals surface area contributed by atoms with E-state index in [1.54, 1.807) is 12.3 Å². The SMILES string of the molecule is CC(C)C(=O)N1CCC2C(C1)c1ccc(-n3ccc(-c4ccc(C(F)(F)F)cn4)cc3=O)cc1N2C. The van der Waals surface area contributed by atoms with E-state index in [2.05, 4.69) is 16.9 Å². The summed E-state index contributed by atoms with van der Waals surface area (Å²) >= 11 is 0. The van der Waals surface area contributed by atoms with Gasteiger partial charge in [0.05, 0.1) is 16.9 Å². The van der Waals surface area contributed by atoms with Crippen LogP contribution in [0, 0.1) is 5.92 Å². The van der Waals surface area contributed by atoms with Crippen molar-refractivity contribution in [2.75, 3.05) is 25.0 Å². The minimum atomic E-state index is -4.46. The molecule has 1 fully saturated rings. The summed E-state index contributed by atoms with van der Waals surface area (Å²) < 4.78 is 40.0. The Balaban J connectivity index is 1.42. The van der Waals surface area contributed by atoms with Gasteiger partial charge in [0.15, 0.2) is 0 Å². The smallest absolute Gasteiger partial charge is 0.371 e. The number of hydrogen-bond donors (Lipinski definition) is 0. The van der Waals surface area contributed by atoms with Crippen molar-refractivity contribution in [3.05, 3.63) is 76.3 Å². The maximum absolute atomic E-state index is 13.0. The molecule has 0 bridgehead atoms. The summed E-state index contributed by atoms with van der Waals surface area (Å²) in [5.41, 5.74) is 2.52. The number of nitrogens with zero attached hydrogens (tertiary/aromatic N) is 4. The standard InChI is InChI=1S/C27H27F3N4O2/c1-16(2)26(36)33-10-9-23-21(15-33)20-6-5-19(13-24(20)32(23)3)34-11-8-17(12-25(34)35)22-7-4-18(14-31-22)27(28,29)30/h4-8,11-14,16,21,23H,9-10,15H2,1-3H3. The monoisotopic (exact) mass is 496 g/mol. The molecule has 0 spiro atoms.